The molecule has 2 aromatic carbocycles. The fourth-order valence-corrected chi connectivity index (χ4v) is 6.37. The molecule has 8 nitrogen and oxygen atoms in total. The molecule has 4 rings (SSSR count). The molecule has 0 unspecified atom stereocenters. The predicted molar refractivity (Wildman–Crippen MR) is 142 cm³/mol. The molecule has 0 bridgehead atoms. The van der Waals surface area contributed by atoms with Gasteiger partial charge < -0.3 is 13.9 Å². The Hall–Kier alpha value is -2.31. The van der Waals surface area contributed by atoms with Gasteiger partial charge in [0.05, 0.1) is 13.7 Å². The van der Waals surface area contributed by atoms with Gasteiger partial charge in [0.2, 0.25) is 21.2 Å². The quantitative estimate of drug-likeness (QED) is 0.340. The summed E-state index contributed by atoms with van der Waals surface area (Å²) in [5, 5.41) is 0. The van der Waals surface area contributed by atoms with Crippen molar-refractivity contribution in [1.82, 2.24) is 9.21 Å². The molecular weight excluding hydrogens is 568 g/mol. The van der Waals surface area contributed by atoms with Gasteiger partial charge in [-0.1, -0.05) is 28.1 Å². The van der Waals surface area contributed by atoms with Crippen molar-refractivity contribution in [1.29, 1.82) is 0 Å². The summed E-state index contributed by atoms with van der Waals surface area (Å²) >= 11 is 5.00. The zero-order valence-corrected chi connectivity index (χ0v) is 23.2. The molecule has 0 aliphatic carbocycles. The van der Waals surface area contributed by atoms with Crippen molar-refractivity contribution >= 4 is 37.7 Å². The normalized spacial score (nSPS) is 15.1. The van der Waals surface area contributed by atoms with Crippen LogP contribution in [0.3, 0.4) is 0 Å². The van der Waals surface area contributed by atoms with Gasteiger partial charge in [-0.25, -0.2) is 8.42 Å². The lowest BCUT2D eigenvalue weighted by Gasteiger charge is -2.33. The number of ether oxygens (including phenoxy) is 2. The number of rotatable bonds is 9. The number of hydrogen-bond acceptors (Lipinski definition) is 8. The van der Waals surface area contributed by atoms with Crippen LogP contribution in [-0.4, -0.2) is 57.2 Å². The fourth-order valence-electron chi connectivity index (χ4n) is 3.85. The van der Waals surface area contributed by atoms with E-state index in [0.717, 1.165) is 10.5 Å². The number of hydrogen-bond donors (Lipinski definition) is 0. The molecule has 1 saturated heterocycles. The summed E-state index contributed by atoms with van der Waals surface area (Å²) in [6.45, 7) is 2.32. The van der Waals surface area contributed by atoms with Gasteiger partial charge in [0, 0.05) is 41.6 Å². The van der Waals surface area contributed by atoms with Gasteiger partial charge in [-0.15, -0.1) is 11.8 Å². The lowest BCUT2D eigenvalue weighted by molar-refractivity contribution is 0.168. The second-order valence-corrected chi connectivity index (χ2v) is 11.9. The molecule has 1 fully saturated rings. The van der Waals surface area contributed by atoms with Crippen LogP contribution in [0.25, 0.3) is 0 Å². The van der Waals surface area contributed by atoms with Crippen molar-refractivity contribution in [2.75, 3.05) is 39.5 Å². The minimum absolute atomic E-state index is 0.134. The van der Waals surface area contributed by atoms with Gasteiger partial charge in [0.1, 0.15) is 29.3 Å². The van der Waals surface area contributed by atoms with Gasteiger partial charge >= 0.3 is 0 Å². The van der Waals surface area contributed by atoms with E-state index < -0.39 is 10.0 Å². The van der Waals surface area contributed by atoms with E-state index in [2.05, 4.69) is 20.8 Å². The summed E-state index contributed by atoms with van der Waals surface area (Å²) in [5.74, 6) is 0.968. The number of thioether (sulfide) groups is 1. The molecule has 2 heterocycles. The van der Waals surface area contributed by atoms with Crippen molar-refractivity contribution in [2.45, 2.75) is 22.9 Å². The van der Waals surface area contributed by atoms with Crippen molar-refractivity contribution < 1.29 is 22.3 Å². The fraction of sp³-hybridized carbons (Fsp3) is 0.320. The number of sulfonamides is 1. The SMILES string of the molecule is COc1ccc(Br)cc1S(=O)(=O)N1CCN(Cc2cc(=O)c(OCc3ccc(SC)cc3)co2)CC1. The Balaban J connectivity index is 1.34. The monoisotopic (exact) mass is 594 g/mol. The Morgan fingerprint density at radius 3 is 2.39 bits per heavy atom. The average molecular weight is 596 g/mol. The average Bonchev–Trinajstić information content (AvgIpc) is 2.89. The van der Waals surface area contributed by atoms with Gasteiger partial charge in [0.25, 0.3) is 0 Å². The van der Waals surface area contributed by atoms with Crippen molar-refractivity contribution in [3.8, 4) is 11.5 Å². The van der Waals surface area contributed by atoms with Crippen LogP contribution in [0.5, 0.6) is 11.5 Å². The Morgan fingerprint density at radius 2 is 1.75 bits per heavy atom. The molecule has 0 spiro atoms. The van der Waals surface area contributed by atoms with E-state index >= 15 is 0 Å². The molecular formula is C25H27BrN2O6S2. The van der Waals surface area contributed by atoms with E-state index in [-0.39, 0.29) is 22.7 Å². The molecule has 1 aliphatic rings. The summed E-state index contributed by atoms with van der Waals surface area (Å²) < 4.78 is 45.1. The first-order valence-corrected chi connectivity index (χ1v) is 14.7. The maximum absolute atomic E-state index is 13.2. The van der Waals surface area contributed by atoms with E-state index in [0.29, 0.717) is 48.7 Å². The highest BCUT2D eigenvalue weighted by Crippen LogP contribution is 2.30. The maximum Gasteiger partial charge on any atom is 0.246 e. The molecule has 1 aliphatic heterocycles. The Bertz CT molecular complexity index is 1350. The minimum Gasteiger partial charge on any atom is -0.495 e. The second kappa shape index (κ2) is 11.8. The van der Waals surface area contributed by atoms with Crippen LogP contribution in [0.1, 0.15) is 11.3 Å². The molecule has 0 atom stereocenters. The van der Waals surface area contributed by atoms with E-state index in [1.807, 2.05) is 30.5 Å². The highest BCUT2D eigenvalue weighted by molar-refractivity contribution is 9.10. The number of methoxy groups -OCH3 is 1. The third-order valence-corrected chi connectivity index (χ3v) is 9.02. The van der Waals surface area contributed by atoms with Gasteiger partial charge in [-0.2, -0.15) is 4.31 Å². The van der Waals surface area contributed by atoms with Gasteiger partial charge in [-0.05, 0) is 42.2 Å². The zero-order chi connectivity index (χ0) is 25.7. The van der Waals surface area contributed by atoms with E-state index in [4.69, 9.17) is 13.9 Å². The first-order chi connectivity index (χ1) is 17.3. The van der Waals surface area contributed by atoms with E-state index in [9.17, 15) is 13.2 Å². The minimum atomic E-state index is -3.71. The summed E-state index contributed by atoms with van der Waals surface area (Å²) in [5.41, 5.74) is 0.713. The van der Waals surface area contributed by atoms with Crippen molar-refractivity contribution in [3.63, 3.8) is 0 Å². The number of benzene rings is 2. The van der Waals surface area contributed by atoms with Crippen LogP contribution >= 0.6 is 27.7 Å². The molecule has 0 N–H and O–H groups in total. The predicted octanol–water partition coefficient (Wildman–Crippen LogP) is 4.22. The van der Waals surface area contributed by atoms with Crippen LogP contribution in [0, 0.1) is 0 Å². The van der Waals surface area contributed by atoms with Crippen LogP contribution in [-0.2, 0) is 23.2 Å². The summed E-state index contributed by atoms with van der Waals surface area (Å²) in [7, 11) is -2.26. The standard InChI is InChI=1S/C25H27BrN2O6S2/c1-32-23-8-5-19(26)13-25(23)36(30,31)28-11-9-27(10-12-28)15-20-14-22(29)24(17-33-20)34-16-18-3-6-21(35-2)7-4-18/h3-8,13-14,17H,9-12,15-16H2,1-2H3. The number of piperazine rings is 1. The second-order valence-electron chi connectivity index (χ2n) is 8.19. The lowest BCUT2D eigenvalue weighted by atomic mass is 10.2. The molecule has 36 heavy (non-hydrogen) atoms. The Kier molecular flexibility index (Phi) is 8.78. The molecule has 0 amide bonds. The smallest absolute Gasteiger partial charge is 0.246 e. The van der Waals surface area contributed by atoms with Crippen LogP contribution in [0.15, 0.2) is 78.3 Å². The molecule has 3 aromatic rings. The number of nitrogens with zero attached hydrogens (tertiary/aromatic N) is 2. The van der Waals surface area contributed by atoms with Crippen LogP contribution < -0.4 is 14.9 Å². The van der Waals surface area contributed by atoms with Crippen molar-refractivity contribution in [3.05, 3.63) is 80.8 Å². The zero-order valence-electron chi connectivity index (χ0n) is 20.0. The first-order valence-electron chi connectivity index (χ1n) is 11.2. The molecule has 0 saturated carbocycles. The third-order valence-electron chi connectivity index (χ3n) is 5.86. The summed E-state index contributed by atoms with van der Waals surface area (Å²) in [6.07, 6.45) is 3.36. The Morgan fingerprint density at radius 1 is 1.03 bits per heavy atom. The lowest BCUT2D eigenvalue weighted by Crippen LogP contribution is -2.48. The molecule has 11 heteroatoms. The van der Waals surface area contributed by atoms with Gasteiger partial charge in [0.15, 0.2) is 0 Å². The summed E-state index contributed by atoms with van der Waals surface area (Å²) in [6, 6.07) is 14.3. The molecule has 0 radical (unpaired) electrons. The molecule has 192 valence electrons. The van der Waals surface area contributed by atoms with Crippen LogP contribution in [0.2, 0.25) is 0 Å². The maximum atomic E-state index is 13.2. The summed E-state index contributed by atoms with van der Waals surface area (Å²) in [4.78, 5) is 15.9. The topological polar surface area (TPSA) is 89.3 Å². The van der Waals surface area contributed by atoms with Crippen molar-refractivity contribution in [2.24, 2.45) is 0 Å². The Labute approximate surface area is 223 Å². The van der Waals surface area contributed by atoms with E-state index in [1.165, 1.54) is 23.7 Å². The largest absolute Gasteiger partial charge is 0.495 e. The van der Waals surface area contributed by atoms with E-state index in [1.54, 1.807) is 30.0 Å². The highest BCUT2D eigenvalue weighted by Gasteiger charge is 2.31. The third kappa shape index (κ3) is 6.33. The van der Waals surface area contributed by atoms with Gasteiger partial charge in [-0.3, -0.25) is 9.69 Å². The highest BCUT2D eigenvalue weighted by atomic mass is 79.9. The molecule has 1 aromatic heterocycles. The number of halogens is 1. The van der Waals surface area contributed by atoms with Crippen LogP contribution in [0.4, 0.5) is 0 Å². The first kappa shape index (κ1) is 26.7.